The highest BCUT2D eigenvalue weighted by Crippen LogP contribution is 2.53. The van der Waals surface area contributed by atoms with Crippen LogP contribution in [0.2, 0.25) is 0 Å². The molecule has 4 heteroatoms. The first-order valence-corrected chi connectivity index (χ1v) is 23.5. The number of para-hydroxylation sites is 4. The lowest BCUT2D eigenvalue weighted by molar-refractivity contribution is 0.590. The highest BCUT2D eigenvalue weighted by molar-refractivity contribution is 7.26. The predicted octanol–water partition coefficient (Wildman–Crippen LogP) is 18.0. The van der Waals surface area contributed by atoms with Crippen LogP contribution in [0.3, 0.4) is 0 Å². The molecule has 3 aromatic heterocycles. The van der Waals surface area contributed by atoms with Crippen molar-refractivity contribution in [3.63, 3.8) is 0 Å². The molecule has 0 radical (unpaired) electrons. The van der Waals surface area contributed by atoms with Crippen molar-refractivity contribution in [3.05, 3.63) is 187 Å². The number of thiophene rings is 1. The van der Waals surface area contributed by atoms with Crippen molar-refractivity contribution >= 4 is 104 Å². The van der Waals surface area contributed by atoms with E-state index in [1.54, 1.807) is 0 Å². The van der Waals surface area contributed by atoms with Gasteiger partial charge in [0.05, 0.1) is 26.9 Å². The van der Waals surface area contributed by atoms with Gasteiger partial charge in [-0.1, -0.05) is 165 Å². The average molecular weight is 850 g/mol. The van der Waals surface area contributed by atoms with Crippen LogP contribution in [0.1, 0.15) is 79.0 Å². The van der Waals surface area contributed by atoms with Crippen LogP contribution in [0, 0.1) is 0 Å². The largest absolute Gasteiger partial charge is 0.310 e. The van der Waals surface area contributed by atoms with Crippen LogP contribution in [-0.4, -0.2) is 4.40 Å². The van der Waals surface area contributed by atoms with Gasteiger partial charge in [0.15, 0.2) is 0 Å². The number of nitrogens with zero attached hydrogens (tertiary/aromatic N) is 3. The lowest BCUT2D eigenvalue weighted by atomic mass is 9.85. The zero-order chi connectivity index (χ0) is 44.3. The van der Waals surface area contributed by atoms with Crippen molar-refractivity contribution in [1.29, 1.82) is 0 Å². The van der Waals surface area contributed by atoms with Crippen molar-refractivity contribution in [2.75, 3.05) is 9.80 Å². The number of anilines is 6. The normalized spacial score (nSPS) is 12.8. The molecule has 0 fully saturated rings. The SMILES string of the molecule is CC(C)(C)c1ccc2sc3c4c(N(c5ccccc5)c5ccccc5C(C)(C)C)ccc5c6ccc7cc(N(c8ccccc8)c8ccccc8C(C)(C)C)ccc7c6n(c3c2c1)c54. The van der Waals surface area contributed by atoms with E-state index in [1.165, 1.54) is 92.0 Å². The monoisotopic (exact) mass is 849 g/mol. The van der Waals surface area contributed by atoms with Gasteiger partial charge in [0.2, 0.25) is 0 Å². The van der Waals surface area contributed by atoms with Crippen LogP contribution >= 0.6 is 11.3 Å². The molecule has 8 aromatic carbocycles. The summed E-state index contributed by atoms with van der Waals surface area (Å²) in [6.07, 6.45) is 0. The lowest BCUT2D eigenvalue weighted by Crippen LogP contribution is -2.19. The lowest BCUT2D eigenvalue weighted by Gasteiger charge is -2.32. The average Bonchev–Trinajstić information content (AvgIpc) is 3.93. The van der Waals surface area contributed by atoms with E-state index in [9.17, 15) is 0 Å². The van der Waals surface area contributed by atoms with Gasteiger partial charge >= 0.3 is 0 Å². The molecule has 0 amide bonds. The number of hydrogen-bond acceptors (Lipinski definition) is 3. The third-order valence-electron chi connectivity index (χ3n) is 13.3. The first-order chi connectivity index (χ1) is 30.7. The van der Waals surface area contributed by atoms with Crippen LogP contribution in [0.4, 0.5) is 34.1 Å². The van der Waals surface area contributed by atoms with Gasteiger partial charge in [-0.05, 0) is 105 Å². The van der Waals surface area contributed by atoms with Gasteiger partial charge in [0.25, 0.3) is 0 Å². The summed E-state index contributed by atoms with van der Waals surface area (Å²) in [6, 6.07) is 63.5. The molecular weight excluding hydrogens is 795 g/mol. The second kappa shape index (κ2) is 14.5. The number of aromatic nitrogens is 1. The Labute approximate surface area is 381 Å². The van der Waals surface area contributed by atoms with E-state index >= 15 is 0 Å². The molecular formula is C60H55N3S. The van der Waals surface area contributed by atoms with E-state index in [0.717, 1.165) is 17.1 Å². The molecule has 0 atom stereocenters. The van der Waals surface area contributed by atoms with Crippen LogP contribution < -0.4 is 9.80 Å². The molecule has 3 nitrogen and oxygen atoms in total. The van der Waals surface area contributed by atoms with Crippen molar-refractivity contribution in [2.45, 2.75) is 78.6 Å². The van der Waals surface area contributed by atoms with Gasteiger partial charge in [-0.2, -0.15) is 0 Å². The summed E-state index contributed by atoms with van der Waals surface area (Å²) in [7, 11) is 0. The van der Waals surface area contributed by atoms with E-state index in [2.05, 4.69) is 246 Å². The molecule has 0 saturated carbocycles. The summed E-state index contributed by atoms with van der Waals surface area (Å²) in [5.41, 5.74) is 14.7. The standard InChI is InChI=1S/C60H55N3S/c1-58(2,3)39-29-35-52-46(37-39)56-57(64-52)53-51(62(41-22-14-11-15-23-41)50-27-19-17-25-48(50)60(7,8)9)34-33-45-44-31-28-38-36-42(30-32-43(38)54(44)63(56)55(45)53)61(40-20-12-10-13-21-40)49-26-18-16-24-47(49)59(4,5)6/h10-37H,1-9H3. The third-order valence-corrected chi connectivity index (χ3v) is 14.5. The van der Waals surface area contributed by atoms with Gasteiger partial charge in [-0.3, -0.25) is 0 Å². The molecule has 0 saturated heterocycles. The minimum Gasteiger partial charge on any atom is -0.310 e. The van der Waals surface area contributed by atoms with Crippen molar-refractivity contribution < 1.29 is 0 Å². The zero-order valence-electron chi connectivity index (χ0n) is 38.4. The predicted molar refractivity (Wildman–Crippen MR) is 279 cm³/mol. The summed E-state index contributed by atoms with van der Waals surface area (Å²) < 4.78 is 5.29. The van der Waals surface area contributed by atoms with Gasteiger partial charge in [0.1, 0.15) is 0 Å². The molecule has 11 aromatic rings. The number of rotatable bonds is 6. The zero-order valence-corrected chi connectivity index (χ0v) is 39.2. The number of hydrogen-bond donors (Lipinski definition) is 0. The maximum atomic E-state index is 2.65. The number of benzene rings is 8. The Bertz CT molecular complexity index is 3550. The molecule has 0 aliphatic rings. The molecule has 3 heterocycles. The minimum absolute atomic E-state index is 0.00775. The van der Waals surface area contributed by atoms with Crippen LogP contribution in [0.15, 0.2) is 170 Å². The Hall–Kier alpha value is -6.62. The van der Waals surface area contributed by atoms with Crippen molar-refractivity contribution in [1.82, 2.24) is 4.40 Å². The summed E-state index contributed by atoms with van der Waals surface area (Å²) in [4.78, 5) is 4.96. The first kappa shape index (κ1) is 40.2. The second-order valence-corrected chi connectivity index (χ2v) is 21.7. The Morgan fingerprint density at radius 1 is 0.391 bits per heavy atom. The van der Waals surface area contributed by atoms with Crippen molar-refractivity contribution in [3.8, 4) is 0 Å². The van der Waals surface area contributed by atoms with Crippen LogP contribution in [0.25, 0.3) is 58.3 Å². The maximum Gasteiger partial charge on any atom is 0.0729 e. The quantitative estimate of drug-likeness (QED) is 0.165. The Kier molecular flexibility index (Phi) is 9.07. The summed E-state index contributed by atoms with van der Waals surface area (Å²) in [5.74, 6) is 0. The second-order valence-electron chi connectivity index (χ2n) is 20.7. The van der Waals surface area contributed by atoms with E-state index in [-0.39, 0.29) is 16.2 Å². The molecule has 0 bridgehead atoms. The molecule has 0 spiro atoms. The fourth-order valence-corrected chi connectivity index (χ4v) is 11.4. The molecule has 316 valence electrons. The summed E-state index contributed by atoms with van der Waals surface area (Å²) >= 11 is 1.94. The Balaban J connectivity index is 1.25. The maximum absolute atomic E-state index is 2.65. The highest BCUT2D eigenvalue weighted by atomic mass is 32.1. The highest BCUT2D eigenvalue weighted by Gasteiger charge is 2.30. The van der Waals surface area contributed by atoms with E-state index < -0.39 is 0 Å². The first-order valence-electron chi connectivity index (χ1n) is 22.7. The van der Waals surface area contributed by atoms with E-state index in [1.807, 2.05) is 11.3 Å². The molecule has 64 heavy (non-hydrogen) atoms. The third kappa shape index (κ3) is 6.29. The number of fused-ring (bicyclic) bond motifs is 10. The van der Waals surface area contributed by atoms with Crippen molar-refractivity contribution in [2.24, 2.45) is 0 Å². The summed E-state index contributed by atoms with van der Waals surface area (Å²) in [5, 5.41) is 7.64. The molecule has 11 rings (SSSR count). The molecule has 0 N–H and O–H groups in total. The van der Waals surface area contributed by atoms with Gasteiger partial charge in [-0.15, -0.1) is 11.3 Å². The smallest absolute Gasteiger partial charge is 0.0729 e. The molecule has 0 aliphatic heterocycles. The Morgan fingerprint density at radius 2 is 0.938 bits per heavy atom. The summed E-state index contributed by atoms with van der Waals surface area (Å²) in [6.45, 7) is 20.9. The fraction of sp³-hybridized carbons (Fsp3) is 0.200. The van der Waals surface area contributed by atoms with E-state index in [0.29, 0.717) is 0 Å². The Morgan fingerprint density at radius 3 is 1.56 bits per heavy atom. The van der Waals surface area contributed by atoms with Gasteiger partial charge < -0.3 is 14.2 Å². The van der Waals surface area contributed by atoms with Crippen LogP contribution in [-0.2, 0) is 16.2 Å². The molecule has 0 aliphatic carbocycles. The van der Waals surface area contributed by atoms with Crippen LogP contribution in [0.5, 0.6) is 0 Å². The van der Waals surface area contributed by atoms with E-state index in [4.69, 9.17) is 0 Å². The topological polar surface area (TPSA) is 10.9 Å². The fourth-order valence-electron chi connectivity index (χ4n) is 10.2. The molecule has 0 unspecified atom stereocenters. The van der Waals surface area contributed by atoms with Gasteiger partial charge in [-0.25, -0.2) is 0 Å². The van der Waals surface area contributed by atoms with Gasteiger partial charge in [0, 0.05) is 60.1 Å². The minimum atomic E-state index is -0.0716.